The smallest absolute Gasteiger partial charge is 0.294 e. The number of nitrogens with one attached hydrogen (secondary N) is 1. The SMILES string of the molecule is COc1nc2ccc(N3CCN(C(C)=O)CC3)cc2[nH]1. The summed E-state index contributed by atoms with van der Waals surface area (Å²) in [5.41, 5.74) is 3.01. The van der Waals surface area contributed by atoms with Crippen LogP contribution in [0.2, 0.25) is 0 Å². The Kier molecular flexibility index (Phi) is 3.22. The van der Waals surface area contributed by atoms with Crippen LogP contribution in [0.25, 0.3) is 11.0 Å². The molecule has 1 N–H and O–H groups in total. The van der Waals surface area contributed by atoms with Gasteiger partial charge in [-0.1, -0.05) is 0 Å². The van der Waals surface area contributed by atoms with Crippen molar-refractivity contribution in [2.24, 2.45) is 0 Å². The molecule has 1 aliphatic heterocycles. The largest absolute Gasteiger partial charge is 0.468 e. The molecule has 1 aromatic heterocycles. The third-order valence-electron chi connectivity index (χ3n) is 3.73. The number of methoxy groups -OCH3 is 1. The number of ether oxygens (including phenoxy) is 1. The van der Waals surface area contributed by atoms with E-state index in [1.165, 1.54) is 0 Å². The van der Waals surface area contributed by atoms with Gasteiger partial charge in [-0.05, 0) is 18.2 Å². The molecule has 1 saturated heterocycles. The van der Waals surface area contributed by atoms with Crippen LogP contribution in [0, 0.1) is 0 Å². The summed E-state index contributed by atoms with van der Waals surface area (Å²) < 4.78 is 5.10. The molecular formula is C14H18N4O2. The minimum atomic E-state index is 0.151. The van der Waals surface area contributed by atoms with Gasteiger partial charge in [0.1, 0.15) is 0 Å². The average Bonchev–Trinajstić information content (AvgIpc) is 2.89. The molecule has 0 atom stereocenters. The van der Waals surface area contributed by atoms with E-state index in [2.05, 4.69) is 27.0 Å². The number of H-pyrrole nitrogens is 1. The van der Waals surface area contributed by atoms with E-state index in [0.717, 1.165) is 42.9 Å². The van der Waals surface area contributed by atoms with E-state index in [9.17, 15) is 4.79 Å². The van der Waals surface area contributed by atoms with Gasteiger partial charge >= 0.3 is 0 Å². The van der Waals surface area contributed by atoms with Crippen molar-refractivity contribution < 1.29 is 9.53 Å². The summed E-state index contributed by atoms with van der Waals surface area (Å²) in [6, 6.07) is 6.65. The molecule has 0 aliphatic carbocycles. The minimum Gasteiger partial charge on any atom is -0.468 e. The molecular weight excluding hydrogens is 256 g/mol. The van der Waals surface area contributed by atoms with Crippen molar-refractivity contribution in [2.45, 2.75) is 6.92 Å². The number of hydrogen-bond acceptors (Lipinski definition) is 4. The fourth-order valence-electron chi connectivity index (χ4n) is 2.55. The molecule has 1 aromatic carbocycles. The van der Waals surface area contributed by atoms with Gasteiger partial charge in [0.05, 0.1) is 18.1 Å². The van der Waals surface area contributed by atoms with Gasteiger partial charge in [0.25, 0.3) is 6.01 Å². The molecule has 20 heavy (non-hydrogen) atoms. The molecule has 1 aliphatic rings. The molecule has 0 unspecified atom stereocenters. The molecule has 2 aromatic rings. The van der Waals surface area contributed by atoms with Crippen LogP contribution in [-0.2, 0) is 4.79 Å². The van der Waals surface area contributed by atoms with Crippen LogP contribution in [-0.4, -0.2) is 54.1 Å². The van der Waals surface area contributed by atoms with Crippen molar-refractivity contribution in [3.8, 4) is 6.01 Å². The molecule has 0 saturated carbocycles. The summed E-state index contributed by atoms with van der Waals surface area (Å²) in [5.74, 6) is 0.151. The molecule has 1 amide bonds. The second-order valence-corrected chi connectivity index (χ2v) is 4.94. The molecule has 0 bridgehead atoms. The molecule has 6 heteroatoms. The van der Waals surface area contributed by atoms with Gasteiger partial charge < -0.3 is 19.5 Å². The lowest BCUT2D eigenvalue weighted by Gasteiger charge is -2.35. The van der Waals surface area contributed by atoms with Gasteiger partial charge in [0.15, 0.2) is 0 Å². The van der Waals surface area contributed by atoms with Crippen molar-refractivity contribution >= 4 is 22.6 Å². The highest BCUT2D eigenvalue weighted by molar-refractivity contribution is 5.80. The number of piperazine rings is 1. The zero-order chi connectivity index (χ0) is 14.1. The minimum absolute atomic E-state index is 0.151. The zero-order valence-corrected chi connectivity index (χ0v) is 11.7. The number of imidazole rings is 1. The first-order valence-corrected chi connectivity index (χ1v) is 6.71. The van der Waals surface area contributed by atoms with E-state index >= 15 is 0 Å². The summed E-state index contributed by atoms with van der Waals surface area (Å²) >= 11 is 0. The first-order valence-electron chi connectivity index (χ1n) is 6.71. The monoisotopic (exact) mass is 274 g/mol. The van der Waals surface area contributed by atoms with Crippen molar-refractivity contribution in [3.05, 3.63) is 18.2 Å². The first kappa shape index (κ1) is 12.8. The highest BCUT2D eigenvalue weighted by Crippen LogP contribution is 2.23. The quantitative estimate of drug-likeness (QED) is 0.895. The van der Waals surface area contributed by atoms with Gasteiger partial charge in [-0.15, -0.1) is 0 Å². The second kappa shape index (κ2) is 5.03. The van der Waals surface area contributed by atoms with E-state index in [0.29, 0.717) is 6.01 Å². The number of aromatic nitrogens is 2. The Morgan fingerprint density at radius 1 is 1.30 bits per heavy atom. The Balaban J connectivity index is 1.79. The van der Waals surface area contributed by atoms with Crippen molar-refractivity contribution in [1.29, 1.82) is 0 Å². The molecule has 1 fully saturated rings. The fourth-order valence-corrected chi connectivity index (χ4v) is 2.55. The lowest BCUT2D eigenvalue weighted by atomic mass is 10.2. The van der Waals surface area contributed by atoms with Crippen LogP contribution in [0.4, 0.5) is 5.69 Å². The fraction of sp³-hybridized carbons (Fsp3) is 0.429. The summed E-state index contributed by atoms with van der Waals surface area (Å²) in [6.45, 7) is 4.89. The van der Waals surface area contributed by atoms with Crippen LogP contribution in [0.5, 0.6) is 6.01 Å². The van der Waals surface area contributed by atoms with E-state index in [-0.39, 0.29) is 5.91 Å². The lowest BCUT2D eigenvalue weighted by Crippen LogP contribution is -2.48. The summed E-state index contributed by atoms with van der Waals surface area (Å²) in [4.78, 5) is 22.9. The third kappa shape index (κ3) is 2.29. The Bertz CT molecular complexity index is 629. The maximum Gasteiger partial charge on any atom is 0.294 e. The maximum atomic E-state index is 11.3. The normalized spacial score (nSPS) is 15.7. The number of carbonyl (C=O) groups is 1. The highest BCUT2D eigenvalue weighted by Gasteiger charge is 2.19. The highest BCUT2D eigenvalue weighted by atomic mass is 16.5. The molecule has 3 rings (SSSR count). The topological polar surface area (TPSA) is 61.5 Å². The first-order chi connectivity index (χ1) is 9.67. The number of rotatable bonds is 2. The number of nitrogens with zero attached hydrogens (tertiary/aromatic N) is 3. The molecule has 6 nitrogen and oxygen atoms in total. The summed E-state index contributed by atoms with van der Waals surface area (Å²) in [5, 5.41) is 0. The Morgan fingerprint density at radius 2 is 2.05 bits per heavy atom. The molecule has 0 spiro atoms. The number of hydrogen-bond donors (Lipinski definition) is 1. The van der Waals surface area contributed by atoms with E-state index in [1.54, 1.807) is 14.0 Å². The zero-order valence-electron chi connectivity index (χ0n) is 11.7. The van der Waals surface area contributed by atoms with Gasteiger partial charge in [-0.2, -0.15) is 4.98 Å². The van der Waals surface area contributed by atoms with Crippen LogP contribution >= 0.6 is 0 Å². The predicted octanol–water partition coefficient (Wildman–Crippen LogP) is 1.24. The maximum absolute atomic E-state index is 11.3. The van der Waals surface area contributed by atoms with Crippen molar-refractivity contribution in [2.75, 3.05) is 38.2 Å². The van der Waals surface area contributed by atoms with Crippen LogP contribution in [0.15, 0.2) is 18.2 Å². The number of anilines is 1. The van der Waals surface area contributed by atoms with E-state index in [4.69, 9.17) is 4.74 Å². The van der Waals surface area contributed by atoms with Gasteiger partial charge in [-0.25, -0.2) is 0 Å². The van der Waals surface area contributed by atoms with Gasteiger partial charge in [0, 0.05) is 38.8 Å². The number of carbonyl (C=O) groups excluding carboxylic acids is 1. The van der Waals surface area contributed by atoms with E-state index in [1.807, 2.05) is 11.0 Å². The van der Waals surface area contributed by atoms with Crippen molar-refractivity contribution in [3.63, 3.8) is 0 Å². The third-order valence-corrected chi connectivity index (χ3v) is 3.73. The second-order valence-electron chi connectivity index (χ2n) is 4.94. The van der Waals surface area contributed by atoms with Crippen LogP contribution in [0.1, 0.15) is 6.92 Å². The van der Waals surface area contributed by atoms with Gasteiger partial charge in [0.2, 0.25) is 5.91 Å². The van der Waals surface area contributed by atoms with Crippen LogP contribution < -0.4 is 9.64 Å². The van der Waals surface area contributed by atoms with Crippen LogP contribution in [0.3, 0.4) is 0 Å². The number of aromatic amines is 1. The molecule has 106 valence electrons. The lowest BCUT2D eigenvalue weighted by molar-refractivity contribution is -0.129. The number of benzene rings is 1. The van der Waals surface area contributed by atoms with Crippen molar-refractivity contribution in [1.82, 2.24) is 14.9 Å². The average molecular weight is 274 g/mol. The number of amides is 1. The Hall–Kier alpha value is -2.24. The summed E-state index contributed by atoms with van der Waals surface area (Å²) in [7, 11) is 1.60. The van der Waals surface area contributed by atoms with Gasteiger partial charge in [-0.3, -0.25) is 4.79 Å². The molecule has 0 radical (unpaired) electrons. The van der Waals surface area contributed by atoms with E-state index < -0.39 is 0 Å². The Labute approximate surface area is 117 Å². The predicted molar refractivity (Wildman–Crippen MR) is 77.1 cm³/mol. The summed E-state index contributed by atoms with van der Waals surface area (Å²) in [6.07, 6.45) is 0. The molecule has 2 heterocycles. The Morgan fingerprint density at radius 3 is 2.70 bits per heavy atom. The number of fused-ring (bicyclic) bond motifs is 1. The standard InChI is InChI=1S/C14H18N4O2/c1-10(19)17-5-7-18(8-6-17)11-3-4-12-13(9-11)16-14(15-12)20-2/h3-4,9H,5-8H2,1-2H3,(H,15,16).